The molecule has 28 heteroatoms. The Kier molecular flexibility index (Phi) is 23.9. The van der Waals surface area contributed by atoms with Crippen molar-refractivity contribution in [2.45, 2.75) is 244 Å². The minimum atomic E-state index is -3.86. The fourth-order valence-electron chi connectivity index (χ4n) is 17.6. The van der Waals surface area contributed by atoms with Gasteiger partial charge in [0.15, 0.2) is 34.6 Å². The lowest BCUT2D eigenvalue weighted by atomic mass is 9.79. The highest BCUT2D eigenvalue weighted by Crippen LogP contribution is 2.59. The van der Waals surface area contributed by atoms with E-state index in [-0.39, 0.29) is 111 Å². The molecule has 4 aromatic rings. The van der Waals surface area contributed by atoms with Gasteiger partial charge in [0.25, 0.3) is 0 Å². The highest BCUT2D eigenvalue weighted by molar-refractivity contribution is 7.91. The smallest absolute Gasteiger partial charge is 0.307 e. The van der Waals surface area contributed by atoms with Gasteiger partial charge in [-0.25, -0.2) is 26.8 Å². The molecule has 0 radical (unpaired) electrons. The number of nitrogens with zero attached hydrogens (tertiary/aromatic N) is 4. The standard InChI is InChI=1S/2C42H55N3O10S/c2*1-6-26-19-25(2)9-7-8-10-27-22-42(27,40(49)44-56(50,51)29-11-12-29)23-34(46)33-20-28(24-45(33)39(48)32(26)21-36(47)55-41(3,4)5)54-38-31-13-14-35-37(53-18-17-52-35)30(31)15-16-43-38/h2*8,10,13-16,25-29,32-33H,6-7,9,11-12,17-24H2,1-5H3,(H,44,49)/b2*10-8-/t25-,26+,27+,28+,32-,33-,42+;25-,26-,27-,28-,32+,33+,42-/m01/s1. The number of carbonyl (C=O) groups is 8. The number of allylic oxidation sites excluding steroid dienone is 4. The van der Waals surface area contributed by atoms with E-state index in [9.17, 15) is 45.6 Å². The van der Waals surface area contributed by atoms with Gasteiger partial charge >= 0.3 is 11.9 Å². The number of hydrogen-bond donors (Lipinski definition) is 2. The van der Waals surface area contributed by atoms with Crippen LogP contribution in [0.5, 0.6) is 34.8 Å². The van der Waals surface area contributed by atoms with Crippen molar-refractivity contribution in [1.29, 1.82) is 0 Å². The number of nitrogens with one attached hydrogen (secondary N) is 2. The molecule has 0 bridgehead atoms. The normalized spacial score (nSPS) is 30.3. The predicted octanol–water partition coefficient (Wildman–Crippen LogP) is 11.4. The molecule has 4 saturated carbocycles. The number of aromatic nitrogens is 2. The number of fused-ring (bicyclic) bond motifs is 10. The maximum Gasteiger partial charge on any atom is 0.307 e. The van der Waals surface area contributed by atoms with Crippen LogP contribution < -0.4 is 37.9 Å². The summed E-state index contributed by atoms with van der Waals surface area (Å²) in [7, 11) is -7.72. The van der Waals surface area contributed by atoms with Gasteiger partial charge < -0.3 is 47.7 Å². The largest absolute Gasteiger partial charge is 0.486 e. The van der Waals surface area contributed by atoms with E-state index in [0.29, 0.717) is 136 Å². The van der Waals surface area contributed by atoms with Crippen LogP contribution in [0.1, 0.15) is 198 Å². The molecule has 8 heterocycles. The zero-order valence-corrected chi connectivity index (χ0v) is 67.8. The van der Waals surface area contributed by atoms with Gasteiger partial charge in [-0.2, -0.15) is 0 Å². The third kappa shape index (κ3) is 18.5. The Labute approximate surface area is 656 Å². The van der Waals surface area contributed by atoms with Gasteiger partial charge in [-0.1, -0.05) is 64.8 Å². The topological polar surface area (TPSA) is 335 Å². The third-order valence-electron chi connectivity index (χ3n) is 24.0. The van der Waals surface area contributed by atoms with Crippen molar-refractivity contribution < 1.29 is 93.1 Å². The van der Waals surface area contributed by atoms with Crippen molar-refractivity contribution >= 4 is 88.7 Å². The van der Waals surface area contributed by atoms with Crippen molar-refractivity contribution in [3.05, 3.63) is 73.1 Å². The lowest BCUT2D eigenvalue weighted by Gasteiger charge is -2.33. The summed E-state index contributed by atoms with van der Waals surface area (Å²) in [6.07, 6.45) is 17.7. The Balaban J connectivity index is 0.000000196. The van der Waals surface area contributed by atoms with E-state index < -0.39 is 112 Å². The Morgan fingerprint density at radius 3 is 1.28 bits per heavy atom. The fraction of sp³-hybridized carbons (Fsp3) is 0.643. The number of rotatable bonds is 16. The van der Waals surface area contributed by atoms with Crippen molar-refractivity contribution in [3.63, 3.8) is 0 Å². The maximum atomic E-state index is 15.0. The summed E-state index contributed by atoms with van der Waals surface area (Å²) in [6, 6.07) is 8.98. The minimum absolute atomic E-state index is 0.0489. The van der Waals surface area contributed by atoms with E-state index in [2.05, 4.69) is 33.3 Å². The first kappa shape index (κ1) is 81.6. The molecule has 2 N–H and O–H groups in total. The van der Waals surface area contributed by atoms with Crippen LogP contribution >= 0.6 is 0 Å². The molecule has 0 spiro atoms. The molecule has 10 aliphatic rings. The van der Waals surface area contributed by atoms with Crippen molar-refractivity contribution in [2.75, 3.05) is 39.5 Å². The Morgan fingerprint density at radius 1 is 0.527 bits per heavy atom. The summed E-state index contributed by atoms with van der Waals surface area (Å²) in [6.45, 7) is 20.8. The summed E-state index contributed by atoms with van der Waals surface area (Å²) >= 11 is 0. The second-order valence-electron chi connectivity index (χ2n) is 35.0. The minimum Gasteiger partial charge on any atom is -0.486 e. The van der Waals surface area contributed by atoms with Gasteiger partial charge in [-0.3, -0.25) is 47.8 Å². The van der Waals surface area contributed by atoms with E-state index in [1.807, 2.05) is 62.4 Å². The summed E-state index contributed by atoms with van der Waals surface area (Å²) in [5.41, 5.74) is -4.02. The van der Waals surface area contributed by atoms with Crippen molar-refractivity contribution in [1.82, 2.24) is 29.2 Å². The van der Waals surface area contributed by atoms with E-state index in [0.717, 1.165) is 36.5 Å². The quantitative estimate of drug-likeness (QED) is 0.0777. The Hall–Kier alpha value is -8.40. The van der Waals surface area contributed by atoms with Gasteiger partial charge in [0.05, 0.1) is 71.2 Å². The van der Waals surface area contributed by atoms with Gasteiger partial charge in [0.1, 0.15) is 49.8 Å². The number of ketones is 2. The van der Waals surface area contributed by atoms with Crippen LogP contribution in [-0.4, -0.2) is 169 Å². The molecule has 6 aliphatic heterocycles. The highest BCUT2D eigenvalue weighted by Gasteiger charge is 2.64. The summed E-state index contributed by atoms with van der Waals surface area (Å²) in [4.78, 5) is 126. The number of pyridine rings is 2. The molecule has 14 rings (SSSR count). The summed E-state index contributed by atoms with van der Waals surface area (Å²) in [5.74, 6) is -2.70. The monoisotopic (exact) mass is 1590 g/mol. The number of Topliss-reactive ketones (excluding diaryl/α,β-unsaturated/α-hetero) is 2. The molecule has 6 fully saturated rings. The molecular weight excluding hydrogens is 1480 g/mol. The molecule has 4 amide bonds. The first-order valence-electron chi connectivity index (χ1n) is 40.4. The zero-order valence-electron chi connectivity index (χ0n) is 66.2. The van der Waals surface area contributed by atoms with Crippen LogP contribution in [0.15, 0.2) is 73.1 Å². The molecule has 2 aromatic heterocycles. The zero-order chi connectivity index (χ0) is 80.0. The number of carbonyl (C=O) groups excluding carboxylic acids is 8. The number of esters is 2. The van der Waals surface area contributed by atoms with E-state index in [1.54, 1.807) is 75.9 Å². The number of benzene rings is 2. The number of hydrogen-bond acceptors (Lipinski definition) is 22. The molecule has 26 nitrogen and oxygen atoms in total. The Morgan fingerprint density at radius 2 is 0.911 bits per heavy atom. The Bertz CT molecular complexity index is 4300. The van der Waals surface area contributed by atoms with Crippen LogP contribution in [0.25, 0.3) is 21.5 Å². The molecule has 4 aliphatic carbocycles. The fourth-order valence-corrected chi connectivity index (χ4v) is 20.4. The lowest BCUT2D eigenvalue weighted by Crippen LogP contribution is -2.48. The summed E-state index contributed by atoms with van der Waals surface area (Å²) < 4.78 is 104. The molecule has 2 aromatic carbocycles. The van der Waals surface area contributed by atoms with Crippen LogP contribution in [0.4, 0.5) is 0 Å². The lowest BCUT2D eigenvalue weighted by molar-refractivity contribution is -0.160. The number of ether oxygens (including phenoxy) is 8. The van der Waals surface area contributed by atoms with Gasteiger partial charge in [-0.05, 0) is 190 Å². The highest BCUT2D eigenvalue weighted by atomic mass is 32.2. The van der Waals surface area contributed by atoms with Crippen LogP contribution in [0.2, 0.25) is 0 Å². The van der Waals surface area contributed by atoms with Crippen molar-refractivity contribution in [3.8, 4) is 34.8 Å². The SMILES string of the molecule is CC[C@@H]1C[C@@H](C)CC/C=C\[C@@H]2C[C@@]2(C(=O)NS(=O)(=O)C2CC2)CC(=O)[C@@H]2C[C@@H](Oc3nccc4c5c(ccc34)OCCO5)CN2C(=O)[C@H]1CC(=O)OC(C)(C)C.CC[C@@H]1C[C@H](C)CC/C=C\[C@@H]2C[C@@]2(C(=O)NS(=O)(=O)C2CC2)CC(=O)[C@@H]2C[C@@H](Oc3nccc4c5c(ccc34)OCCO5)CN2C(=O)[C@H]1CC(=O)OC(C)(C)C. The molecule has 112 heavy (non-hydrogen) atoms. The van der Waals surface area contributed by atoms with Crippen molar-refractivity contribution in [2.24, 2.45) is 58.2 Å². The second kappa shape index (κ2) is 32.8. The van der Waals surface area contributed by atoms with E-state index in [1.165, 1.54) is 0 Å². The summed E-state index contributed by atoms with van der Waals surface area (Å²) in [5, 5.41) is 1.68. The van der Waals surface area contributed by atoms with Gasteiger partial charge in [0.2, 0.25) is 55.4 Å². The average molecular weight is 1590 g/mol. The van der Waals surface area contributed by atoms with Gasteiger partial charge in [-0.15, -0.1) is 0 Å². The average Bonchev–Trinajstić information content (AvgIpc) is 1.55. The molecular formula is C84H110N6O20S2. The third-order valence-corrected chi connectivity index (χ3v) is 27.6. The predicted molar refractivity (Wildman–Crippen MR) is 415 cm³/mol. The first-order chi connectivity index (χ1) is 53.2. The molecule has 0 unspecified atom stereocenters. The van der Waals surface area contributed by atoms with Crippen LogP contribution in [-0.2, 0) is 67.9 Å². The van der Waals surface area contributed by atoms with Gasteiger partial charge in [0, 0.05) is 59.6 Å². The van der Waals surface area contributed by atoms with E-state index >= 15 is 9.59 Å². The van der Waals surface area contributed by atoms with Crippen LogP contribution in [0, 0.1) is 58.2 Å². The molecule has 2 saturated heterocycles. The molecule has 14 atom stereocenters. The second-order valence-corrected chi connectivity index (χ2v) is 38.9. The maximum absolute atomic E-state index is 15.0. The number of sulfonamides is 2. The van der Waals surface area contributed by atoms with E-state index in [4.69, 9.17) is 37.9 Å². The number of amides is 4. The molecule has 608 valence electrons. The first-order valence-corrected chi connectivity index (χ1v) is 43.5. The van der Waals surface area contributed by atoms with Crippen LogP contribution in [0.3, 0.4) is 0 Å².